The molecule has 0 saturated carbocycles. The van der Waals surface area contributed by atoms with Crippen molar-refractivity contribution in [1.29, 1.82) is 0 Å². The summed E-state index contributed by atoms with van der Waals surface area (Å²) in [4.78, 5) is 23.2. The molecule has 1 aromatic carbocycles. The van der Waals surface area contributed by atoms with Gasteiger partial charge in [0.25, 0.3) is 0 Å². The van der Waals surface area contributed by atoms with Gasteiger partial charge in [-0.05, 0) is 31.2 Å². The lowest BCUT2D eigenvalue weighted by Gasteiger charge is -2.17. The number of likely N-dealkylation sites (tertiary alicyclic amines) is 1. The molecule has 1 fully saturated rings. The lowest BCUT2D eigenvalue weighted by atomic mass is 10.3. The van der Waals surface area contributed by atoms with Gasteiger partial charge in [-0.15, -0.1) is 11.8 Å². The fourth-order valence-corrected chi connectivity index (χ4v) is 3.29. The smallest absolute Gasteiger partial charge is 0.233 e. The lowest BCUT2D eigenvalue weighted by Crippen LogP contribution is -2.32. The third kappa shape index (κ3) is 4.44. The highest BCUT2D eigenvalue weighted by Crippen LogP contribution is 2.21. The van der Waals surface area contributed by atoms with Crippen molar-refractivity contribution in [3.8, 4) is 5.88 Å². The molecule has 0 aliphatic carbocycles. The van der Waals surface area contributed by atoms with Crippen molar-refractivity contribution < 1.29 is 13.9 Å². The van der Waals surface area contributed by atoms with Gasteiger partial charge in [-0.3, -0.25) is 4.79 Å². The molecule has 0 spiro atoms. The minimum absolute atomic E-state index is 0.0425. The number of hydrogen-bond donors (Lipinski definition) is 0. The number of aromatic nitrogens is 2. The van der Waals surface area contributed by atoms with Gasteiger partial charge in [-0.25, -0.2) is 9.37 Å². The number of thioether (sulfide) groups is 1. The molecule has 126 valence electrons. The normalized spacial score (nSPS) is 17.1. The number of ether oxygens (including phenoxy) is 1. The molecule has 5 nitrogen and oxygen atoms in total. The van der Waals surface area contributed by atoms with Crippen LogP contribution in [0.15, 0.2) is 41.4 Å². The minimum Gasteiger partial charge on any atom is -0.472 e. The standard InChI is InChI=1S/C17H18FN3O2S/c1-12-19-8-6-16(20-12)23-14-7-9-21(10-14)17(22)11-24-15-4-2-13(18)3-5-15/h2-6,8,14H,7,9-11H2,1H3/t14-/m1/s1. The SMILES string of the molecule is Cc1nccc(O[C@@H]2CCN(C(=O)CSc3ccc(F)cc3)C2)n1. The van der Waals surface area contributed by atoms with E-state index in [4.69, 9.17) is 4.74 Å². The first-order valence-electron chi connectivity index (χ1n) is 7.72. The van der Waals surface area contributed by atoms with E-state index in [2.05, 4.69) is 9.97 Å². The van der Waals surface area contributed by atoms with E-state index in [1.807, 2.05) is 6.92 Å². The van der Waals surface area contributed by atoms with Crippen LogP contribution in [0.3, 0.4) is 0 Å². The first kappa shape index (κ1) is 16.7. The van der Waals surface area contributed by atoms with Gasteiger partial charge in [0.05, 0.1) is 12.3 Å². The molecule has 7 heteroatoms. The zero-order valence-electron chi connectivity index (χ0n) is 13.3. The van der Waals surface area contributed by atoms with Crippen LogP contribution in [0.1, 0.15) is 12.2 Å². The van der Waals surface area contributed by atoms with E-state index >= 15 is 0 Å². The summed E-state index contributed by atoms with van der Waals surface area (Å²) in [6.45, 7) is 3.05. The summed E-state index contributed by atoms with van der Waals surface area (Å²) in [6.07, 6.45) is 2.41. The van der Waals surface area contributed by atoms with Crippen LogP contribution in [-0.4, -0.2) is 45.7 Å². The fraction of sp³-hybridized carbons (Fsp3) is 0.353. The van der Waals surface area contributed by atoms with E-state index in [0.29, 0.717) is 30.5 Å². The number of benzene rings is 1. The van der Waals surface area contributed by atoms with Crippen molar-refractivity contribution in [2.45, 2.75) is 24.3 Å². The molecule has 0 bridgehead atoms. The van der Waals surface area contributed by atoms with Gasteiger partial charge in [0.15, 0.2) is 0 Å². The van der Waals surface area contributed by atoms with Gasteiger partial charge < -0.3 is 9.64 Å². The molecule has 2 aromatic rings. The summed E-state index contributed by atoms with van der Waals surface area (Å²) < 4.78 is 18.7. The summed E-state index contributed by atoms with van der Waals surface area (Å²) in [7, 11) is 0. The topological polar surface area (TPSA) is 55.3 Å². The van der Waals surface area contributed by atoms with E-state index < -0.39 is 0 Å². The second-order valence-corrected chi connectivity index (χ2v) is 6.60. The molecular formula is C17H18FN3O2S. The Hall–Kier alpha value is -2.15. The van der Waals surface area contributed by atoms with Crippen molar-refractivity contribution in [3.05, 3.63) is 48.2 Å². The molecule has 1 atom stereocenters. The van der Waals surface area contributed by atoms with E-state index in [1.54, 1.807) is 29.3 Å². The van der Waals surface area contributed by atoms with E-state index in [-0.39, 0.29) is 17.8 Å². The average Bonchev–Trinajstić information content (AvgIpc) is 3.03. The Labute approximate surface area is 144 Å². The summed E-state index contributed by atoms with van der Waals surface area (Å²) >= 11 is 1.41. The van der Waals surface area contributed by atoms with Crippen LogP contribution < -0.4 is 4.74 Å². The van der Waals surface area contributed by atoms with Crippen LogP contribution in [0.2, 0.25) is 0 Å². The Morgan fingerprint density at radius 1 is 1.38 bits per heavy atom. The molecule has 2 heterocycles. The van der Waals surface area contributed by atoms with Crippen LogP contribution in [0, 0.1) is 12.7 Å². The number of hydrogen-bond acceptors (Lipinski definition) is 5. The lowest BCUT2D eigenvalue weighted by molar-refractivity contribution is -0.127. The van der Waals surface area contributed by atoms with Gasteiger partial charge in [-0.2, -0.15) is 4.98 Å². The van der Waals surface area contributed by atoms with Crippen LogP contribution in [0.4, 0.5) is 4.39 Å². The molecule has 0 radical (unpaired) electrons. The Morgan fingerprint density at radius 2 is 2.17 bits per heavy atom. The number of nitrogens with zero attached hydrogens (tertiary/aromatic N) is 3. The predicted molar refractivity (Wildman–Crippen MR) is 89.5 cm³/mol. The molecule has 0 unspecified atom stereocenters. The number of carbonyl (C=O) groups is 1. The van der Waals surface area contributed by atoms with Crippen LogP contribution in [-0.2, 0) is 4.79 Å². The van der Waals surface area contributed by atoms with Crippen LogP contribution >= 0.6 is 11.8 Å². The summed E-state index contributed by atoms with van der Waals surface area (Å²) in [5.41, 5.74) is 0. The zero-order chi connectivity index (χ0) is 16.9. The van der Waals surface area contributed by atoms with Crippen LogP contribution in [0.5, 0.6) is 5.88 Å². The van der Waals surface area contributed by atoms with Crippen molar-refractivity contribution in [2.75, 3.05) is 18.8 Å². The van der Waals surface area contributed by atoms with Crippen molar-refractivity contribution in [2.24, 2.45) is 0 Å². The molecule has 24 heavy (non-hydrogen) atoms. The summed E-state index contributed by atoms with van der Waals surface area (Å²) in [5, 5.41) is 0. The van der Waals surface area contributed by atoms with Crippen molar-refractivity contribution in [1.82, 2.24) is 14.9 Å². The largest absolute Gasteiger partial charge is 0.472 e. The van der Waals surface area contributed by atoms with Gasteiger partial charge >= 0.3 is 0 Å². The number of aryl methyl sites for hydroxylation is 1. The minimum atomic E-state index is -0.273. The average molecular weight is 347 g/mol. The number of amides is 1. The molecule has 1 aliphatic heterocycles. The number of rotatable bonds is 5. The number of halogens is 1. The summed E-state index contributed by atoms with van der Waals surface area (Å²) in [5.74, 6) is 1.33. The molecule has 3 rings (SSSR count). The second-order valence-electron chi connectivity index (χ2n) is 5.55. The van der Waals surface area contributed by atoms with Gasteiger partial charge in [0.1, 0.15) is 17.7 Å². The molecule has 1 aromatic heterocycles. The van der Waals surface area contributed by atoms with Crippen molar-refractivity contribution >= 4 is 17.7 Å². The second kappa shape index (κ2) is 7.61. The highest BCUT2D eigenvalue weighted by molar-refractivity contribution is 8.00. The maximum absolute atomic E-state index is 12.9. The molecule has 1 saturated heterocycles. The van der Waals surface area contributed by atoms with Crippen LogP contribution in [0.25, 0.3) is 0 Å². The van der Waals surface area contributed by atoms with Crippen molar-refractivity contribution in [3.63, 3.8) is 0 Å². The monoisotopic (exact) mass is 347 g/mol. The molecule has 0 N–H and O–H groups in total. The Morgan fingerprint density at radius 3 is 2.92 bits per heavy atom. The van der Waals surface area contributed by atoms with E-state index in [9.17, 15) is 9.18 Å². The third-order valence-electron chi connectivity index (χ3n) is 3.71. The van der Waals surface area contributed by atoms with E-state index in [1.165, 1.54) is 23.9 Å². The first-order valence-corrected chi connectivity index (χ1v) is 8.71. The molecule has 1 aliphatic rings. The van der Waals surface area contributed by atoms with E-state index in [0.717, 1.165) is 11.3 Å². The molecular weight excluding hydrogens is 329 g/mol. The fourth-order valence-electron chi connectivity index (χ4n) is 2.49. The summed E-state index contributed by atoms with van der Waals surface area (Å²) in [6, 6.07) is 7.88. The first-order chi connectivity index (χ1) is 11.6. The Bertz CT molecular complexity index is 711. The highest BCUT2D eigenvalue weighted by atomic mass is 32.2. The molecule has 1 amide bonds. The zero-order valence-corrected chi connectivity index (χ0v) is 14.1. The third-order valence-corrected chi connectivity index (χ3v) is 4.71. The Kier molecular flexibility index (Phi) is 5.30. The van der Waals surface area contributed by atoms with Gasteiger partial charge in [-0.1, -0.05) is 0 Å². The maximum Gasteiger partial charge on any atom is 0.233 e. The van der Waals surface area contributed by atoms with Gasteiger partial charge in [0.2, 0.25) is 11.8 Å². The predicted octanol–water partition coefficient (Wildman–Crippen LogP) is 2.70. The number of carbonyl (C=O) groups excluding carboxylic acids is 1. The highest BCUT2D eigenvalue weighted by Gasteiger charge is 2.27. The van der Waals surface area contributed by atoms with Gasteiger partial charge in [0, 0.05) is 30.1 Å². The Balaban J connectivity index is 1.48. The quantitative estimate of drug-likeness (QED) is 0.779. The maximum atomic E-state index is 12.9.